The number of rotatable bonds is 5. The summed E-state index contributed by atoms with van der Waals surface area (Å²) < 4.78 is 24.6. The van der Waals surface area contributed by atoms with Gasteiger partial charge in [0, 0.05) is 13.1 Å². The zero-order valence-corrected chi connectivity index (χ0v) is 24.3. The SMILES string of the molecule is [Li][C](=O)C(c1ncn2c1CCC2)N1Cc2c(F)cc(-c3cnn(C4CCN(C(=O)OC(C)(C)C)CC4)c3)cc2C1=O.[O-2]. The Bertz CT molecular complexity index is 1540. The van der Waals surface area contributed by atoms with Crippen LogP contribution in [0.4, 0.5) is 9.18 Å². The number of benzene rings is 1. The molecule has 3 aromatic rings. The van der Waals surface area contributed by atoms with Crippen LogP contribution in [0.3, 0.4) is 0 Å². The van der Waals surface area contributed by atoms with Gasteiger partial charge in [-0.25, -0.2) is 4.79 Å². The number of nitrogens with zero attached hydrogens (tertiary/aromatic N) is 6. The van der Waals surface area contributed by atoms with Crippen molar-refractivity contribution in [2.75, 3.05) is 13.1 Å². The van der Waals surface area contributed by atoms with E-state index in [9.17, 15) is 14.4 Å². The van der Waals surface area contributed by atoms with E-state index in [2.05, 4.69) is 10.1 Å². The van der Waals surface area contributed by atoms with Crippen molar-refractivity contribution >= 4 is 34.2 Å². The average molecular weight is 571 g/mol. The Labute approximate surface area is 252 Å². The molecule has 0 saturated carbocycles. The van der Waals surface area contributed by atoms with E-state index >= 15 is 4.39 Å². The van der Waals surface area contributed by atoms with Crippen molar-refractivity contribution in [1.82, 2.24) is 29.1 Å². The van der Waals surface area contributed by atoms with Crippen LogP contribution in [0.2, 0.25) is 0 Å². The molecule has 0 N–H and O–H groups in total. The number of hydrogen-bond donors (Lipinski definition) is 0. The van der Waals surface area contributed by atoms with Crippen molar-refractivity contribution in [2.45, 2.75) is 77.2 Å². The normalized spacial score (nSPS) is 17.6. The van der Waals surface area contributed by atoms with E-state index in [0.29, 0.717) is 35.5 Å². The van der Waals surface area contributed by atoms with Crippen LogP contribution in [0.1, 0.15) is 79.4 Å². The van der Waals surface area contributed by atoms with Gasteiger partial charge in [-0.2, -0.15) is 0 Å². The fraction of sp³-hybridized carbons (Fsp3) is 0.483. The van der Waals surface area contributed by atoms with Gasteiger partial charge in [-0.1, -0.05) is 0 Å². The largest absolute Gasteiger partial charge is 2.00 e. The Hall–Kier alpha value is -3.46. The third-order valence-corrected chi connectivity index (χ3v) is 8.19. The summed E-state index contributed by atoms with van der Waals surface area (Å²) in [5.74, 6) is -0.855. The van der Waals surface area contributed by atoms with Crippen molar-refractivity contribution < 1.29 is 29.0 Å². The van der Waals surface area contributed by atoms with Crippen LogP contribution in [-0.4, -0.2) is 82.0 Å². The van der Waals surface area contributed by atoms with Crippen LogP contribution < -0.4 is 0 Å². The van der Waals surface area contributed by atoms with Crippen molar-refractivity contribution in [2.24, 2.45) is 0 Å². The van der Waals surface area contributed by atoms with Gasteiger partial charge in [-0.05, 0) is 20.8 Å². The molecular weight excluding hydrogens is 538 g/mol. The van der Waals surface area contributed by atoms with E-state index in [1.165, 1.54) is 28.7 Å². The minimum atomic E-state index is -0.846. The van der Waals surface area contributed by atoms with E-state index in [4.69, 9.17) is 4.74 Å². The fourth-order valence-electron chi connectivity index (χ4n) is 6.18. The van der Waals surface area contributed by atoms with E-state index in [0.717, 1.165) is 37.9 Å². The standard InChI is InChI=1S/C29H32FN6O4.Li.O/c1-29(2,3)40-28(39)33-9-6-20(7-10-33)36-14-19(13-32-36)18-11-21-22(23(30)12-18)15-35(27(21)38)25(16-37)26-24-5-4-8-34(24)17-31-26;;/h11-14,17,20,25H,4-10,15H2,1-3H3;;/q;;-2. The van der Waals surface area contributed by atoms with Crippen molar-refractivity contribution in [1.29, 1.82) is 0 Å². The summed E-state index contributed by atoms with van der Waals surface area (Å²) in [5, 5.41) is 4.53. The number of imidazole rings is 1. The van der Waals surface area contributed by atoms with Gasteiger partial charge >= 0.3 is 194 Å². The zero-order chi connectivity index (χ0) is 29.1. The molecule has 3 aliphatic rings. The average Bonchev–Trinajstić information content (AvgIpc) is 3.70. The summed E-state index contributed by atoms with van der Waals surface area (Å²) in [6, 6.07) is 2.37. The molecule has 0 spiro atoms. The molecule has 0 aliphatic carbocycles. The molecule has 42 heavy (non-hydrogen) atoms. The maximum Gasteiger partial charge on any atom is -2.00 e. The second-order valence-electron chi connectivity index (χ2n) is 12.2. The van der Waals surface area contributed by atoms with Gasteiger partial charge in [0.2, 0.25) is 0 Å². The second kappa shape index (κ2) is 11.3. The van der Waals surface area contributed by atoms with Crippen LogP contribution in [0.5, 0.6) is 0 Å². The minimum Gasteiger partial charge on any atom is -2.00 e. The van der Waals surface area contributed by atoms with Gasteiger partial charge in [-0.3, -0.25) is 0 Å². The molecular formula is C29H32FLiN6O5-2. The van der Waals surface area contributed by atoms with Crippen LogP contribution in [0.25, 0.3) is 11.1 Å². The molecule has 5 heterocycles. The first-order valence-corrected chi connectivity index (χ1v) is 14.2. The van der Waals surface area contributed by atoms with E-state index in [1.807, 2.05) is 36.2 Å². The Morgan fingerprint density at radius 3 is 2.57 bits per heavy atom. The zero-order valence-electron chi connectivity index (χ0n) is 24.3. The number of piperidine rings is 1. The van der Waals surface area contributed by atoms with Crippen molar-refractivity contribution in [3.05, 3.63) is 59.2 Å². The predicted octanol–water partition coefficient (Wildman–Crippen LogP) is 3.68. The Balaban J connectivity index is 0.00000353. The van der Waals surface area contributed by atoms with Crippen molar-refractivity contribution in [3.8, 4) is 11.1 Å². The van der Waals surface area contributed by atoms with Crippen LogP contribution in [0.15, 0.2) is 30.9 Å². The number of amides is 2. The molecule has 1 saturated heterocycles. The first-order valence-electron chi connectivity index (χ1n) is 14.2. The van der Waals surface area contributed by atoms with Crippen LogP contribution >= 0.6 is 0 Å². The van der Waals surface area contributed by atoms with Gasteiger partial charge in [0.05, 0.1) is 0 Å². The summed E-state index contributed by atoms with van der Waals surface area (Å²) in [5.41, 5.74) is 2.83. The smallest absolute Gasteiger partial charge is 2.00 e. The van der Waals surface area contributed by atoms with E-state index in [-0.39, 0.29) is 40.1 Å². The third-order valence-electron chi connectivity index (χ3n) is 8.19. The van der Waals surface area contributed by atoms with Gasteiger partial charge in [0.25, 0.3) is 0 Å². The van der Waals surface area contributed by atoms with E-state index < -0.39 is 17.5 Å². The molecule has 218 valence electrons. The van der Waals surface area contributed by atoms with Gasteiger partial charge < -0.3 is 15.1 Å². The molecule has 13 heteroatoms. The molecule has 2 aromatic heterocycles. The number of halogens is 1. The minimum absolute atomic E-state index is 0. The number of carbonyl (C=O) groups excluding carboxylic acids is 3. The van der Waals surface area contributed by atoms with Crippen LogP contribution in [-0.2, 0) is 34.5 Å². The fourth-order valence-corrected chi connectivity index (χ4v) is 6.18. The maximum atomic E-state index is 15.4. The number of likely N-dealkylation sites (tertiary alicyclic amines) is 1. The number of ether oxygens (including phenoxy) is 1. The molecule has 0 radical (unpaired) electrons. The third kappa shape index (κ3) is 5.51. The summed E-state index contributed by atoms with van der Waals surface area (Å²) in [6.07, 6.45) is 8.15. The monoisotopic (exact) mass is 570 g/mol. The topological polar surface area (TPSA) is 131 Å². The predicted molar refractivity (Wildman–Crippen MR) is 148 cm³/mol. The van der Waals surface area contributed by atoms with E-state index in [1.54, 1.807) is 23.5 Å². The summed E-state index contributed by atoms with van der Waals surface area (Å²) in [4.78, 5) is 46.5. The van der Waals surface area contributed by atoms with Gasteiger partial charge in [0.1, 0.15) is 5.60 Å². The molecule has 6 rings (SSSR count). The molecule has 1 fully saturated rings. The first-order chi connectivity index (χ1) is 19.5. The maximum absolute atomic E-state index is 15.4. The second-order valence-corrected chi connectivity index (χ2v) is 12.2. The molecule has 1 unspecified atom stereocenters. The number of carbonyl (C=O) groups is 3. The Kier molecular flexibility index (Phi) is 8.09. The molecule has 11 nitrogen and oxygen atoms in total. The summed E-state index contributed by atoms with van der Waals surface area (Å²) in [7, 11) is 0. The molecule has 1 aromatic carbocycles. The van der Waals surface area contributed by atoms with Crippen LogP contribution in [0, 0.1) is 5.82 Å². The quantitative estimate of drug-likeness (QED) is 0.430. The summed E-state index contributed by atoms with van der Waals surface area (Å²) in [6.45, 7) is 7.53. The van der Waals surface area contributed by atoms with Crippen molar-refractivity contribution in [3.63, 3.8) is 0 Å². The molecule has 1 atom stereocenters. The number of fused-ring (bicyclic) bond motifs is 2. The molecule has 0 bridgehead atoms. The number of aromatic nitrogens is 4. The number of aryl methyl sites for hydroxylation is 1. The molecule has 3 aliphatic heterocycles. The number of hydrogen-bond acceptors (Lipinski definition) is 6. The van der Waals surface area contributed by atoms with Gasteiger partial charge in [-0.15, -0.1) is 0 Å². The Morgan fingerprint density at radius 2 is 1.88 bits per heavy atom. The molecule has 2 amide bonds. The summed E-state index contributed by atoms with van der Waals surface area (Å²) >= 11 is 1.45. The van der Waals surface area contributed by atoms with Gasteiger partial charge in [0.15, 0.2) is 0 Å². The first kappa shape index (κ1) is 30.0. The Morgan fingerprint density at radius 1 is 1.14 bits per heavy atom.